The first-order valence-corrected chi connectivity index (χ1v) is 7.51. The first-order chi connectivity index (χ1) is 9.56. The second-order valence-corrected chi connectivity index (χ2v) is 6.01. The zero-order valence-corrected chi connectivity index (χ0v) is 12.9. The van der Waals surface area contributed by atoms with E-state index >= 15 is 0 Å². The molecule has 0 N–H and O–H groups in total. The Bertz CT molecular complexity index is 566. The van der Waals surface area contributed by atoms with Crippen LogP contribution >= 0.6 is 11.3 Å². The Kier molecular flexibility index (Phi) is 4.84. The van der Waals surface area contributed by atoms with Crippen LogP contribution in [-0.4, -0.2) is 27.8 Å². The number of hydrogen-bond acceptors (Lipinski definition) is 4. The van der Waals surface area contributed by atoms with Gasteiger partial charge in [-0.2, -0.15) is 0 Å². The third-order valence-electron chi connectivity index (χ3n) is 2.97. The number of nitrogens with zero attached hydrogens (tertiary/aromatic N) is 3. The zero-order valence-electron chi connectivity index (χ0n) is 12.0. The number of likely N-dealkylation sites (N-methyl/N-ethyl adjacent to an activating group) is 1. The highest BCUT2D eigenvalue weighted by molar-refractivity contribution is 7.09. The Morgan fingerprint density at radius 3 is 2.85 bits per heavy atom. The van der Waals surface area contributed by atoms with Crippen molar-refractivity contribution < 1.29 is 4.79 Å². The number of hydrogen-bond donors (Lipinski definition) is 0. The molecule has 2 heterocycles. The molecule has 0 aliphatic rings. The molecular weight excluding hydrogens is 270 g/mol. The molecule has 0 atom stereocenters. The SMILES string of the molecule is CC(C)c1nc(CN(C)C(=O)Cc2cccnc2)cs1. The lowest BCUT2D eigenvalue weighted by Crippen LogP contribution is -2.27. The lowest BCUT2D eigenvalue weighted by molar-refractivity contribution is -0.129. The summed E-state index contributed by atoms with van der Waals surface area (Å²) in [4.78, 5) is 22.4. The quantitative estimate of drug-likeness (QED) is 0.850. The molecule has 0 radical (unpaired) electrons. The number of carbonyl (C=O) groups excluding carboxylic acids is 1. The molecule has 4 nitrogen and oxygen atoms in total. The molecule has 2 rings (SSSR count). The Labute approximate surface area is 123 Å². The largest absolute Gasteiger partial charge is 0.340 e. The van der Waals surface area contributed by atoms with Crippen LogP contribution in [0, 0.1) is 0 Å². The average Bonchev–Trinajstić information content (AvgIpc) is 2.88. The van der Waals surface area contributed by atoms with E-state index in [0.717, 1.165) is 16.3 Å². The molecule has 1 amide bonds. The number of thiazole rings is 1. The van der Waals surface area contributed by atoms with Gasteiger partial charge in [0.15, 0.2) is 0 Å². The summed E-state index contributed by atoms with van der Waals surface area (Å²) in [6.45, 7) is 4.81. The van der Waals surface area contributed by atoms with Crippen LogP contribution in [-0.2, 0) is 17.8 Å². The number of amides is 1. The molecule has 0 saturated heterocycles. The monoisotopic (exact) mass is 289 g/mol. The van der Waals surface area contributed by atoms with Crippen LogP contribution in [0.3, 0.4) is 0 Å². The van der Waals surface area contributed by atoms with E-state index in [1.165, 1.54) is 0 Å². The lowest BCUT2D eigenvalue weighted by Gasteiger charge is -2.15. The van der Waals surface area contributed by atoms with Gasteiger partial charge in [0.2, 0.25) is 5.91 Å². The second-order valence-electron chi connectivity index (χ2n) is 5.12. The maximum Gasteiger partial charge on any atom is 0.227 e. The van der Waals surface area contributed by atoms with E-state index < -0.39 is 0 Å². The molecule has 0 aliphatic heterocycles. The maximum absolute atomic E-state index is 12.1. The normalized spacial score (nSPS) is 10.8. The smallest absolute Gasteiger partial charge is 0.227 e. The van der Waals surface area contributed by atoms with Gasteiger partial charge in [-0.05, 0) is 11.6 Å². The summed E-state index contributed by atoms with van der Waals surface area (Å²) in [5.74, 6) is 0.516. The average molecular weight is 289 g/mol. The summed E-state index contributed by atoms with van der Waals surface area (Å²) in [5.41, 5.74) is 1.89. The fourth-order valence-electron chi connectivity index (χ4n) is 1.80. The van der Waals surface area contributed by atoms with E-state index in [9.17, 15) is 4.79 Å². The van der Waals surface area contributed by atoms with E-state index in [4.69, 9.17) is 0 Å². The van der Waals surface area contributed by atoms with Gasteiger partial charge in [-0.25, -0.2) is 4.98 Å². The maximum atomic E-state index is 12.1. The molecular formula is C15H19N3OS. The van der Waals surface area contributed by atoms with E-state index in [-0.39, 0.29) is 5.91 Å². The van der Waals surface area contributed by atoms with Crippen LogP contribution in [0.1, 0.15) is 36.0 Å². The standard InChI is InChI=1S/C15H19N3OS/c1-11(2)15-17-13(10-20-15)9-18(3)14(19)7-12-5-4-6-16-8-12/h4-6,8,10-11H,7,9H2,1-3H3. The summed E-state index contributed by atoms with van der Waals surface area (Å²) in [5, 5.41) is 3.15. The van der Waals surface area contributed by atoms with E-state index in [1.807, 2.05) is 24.6 Å². The molecule has 0 spiro atoms. The minimum absolute atomic E-state index is 0.0806. The van der Waals surface area contributed by atoms with Crippen molar-refractivity contribution in [2.75, 3.05) is 7.05 Å². The Balaban J connectivity index is 1.93. The fraction of sp³-hybridized carbons (Fsp3) is 0.400. The van der Waals surface area contributed by atoms with Crippen molar-refractivity contribution in [1.29, 1.82) is 0 Å². The van der Waals surface area contributed by atoms with Crippen molar-refractivity contribution in [3.63, 3.8) is 0 Å². The highest BCUT2D eigenvalue weighted by atomic mass is 32.1. The number of carbonyl (C=O) groups is 1. The third-order valence-corrected chi connectivity index (χ3v) is 4.16. The van der Waals surface area contributed by atoms with Crippen LogP contribution in [0.15, 0.2) is 29.9 Å². The first-order valence-electron chi connectivity index (χ1n) is 6.63. The molecule has 106 valence electrons. The van der Waals surface area contributed by atoms with Gasteiger partial charge < -0.3 is 4.90 Å². The van der Waals surface area contributed by atoms with Crippen LogP contribution in [0.2, 0.25) is 0 Å². The van der Waals surface area contributed by atoms with Crippen molar-refractivity contribution in [2.45, 2.75) is 32.7 Å². The van der Waals surface area contributed by atoms with Gasteiger partial charge in [0.1, 0.15) is 0 Å². The van der Waals surface area contributed by atoms with Crippen LogP contribution < -0.4 is 0 Å². The highest BCUT2D eigenvalue weighted by Crippen LogP contribution is 2.19. The van der Waals surface area contributed by atoms with Gasteiger partial charge in [-0.3, -0.25) is 9.78 Å². The summed E-state index contributed by atoms with van der Waals surface area (Å²) in [7, 11) is 1.81. The number of rotatable bonds is 5. The first kappa shape index (κ1) is 14.7. The molecule has 0 aliphatic carbocycles. The summed E-state index contributed by atoms with van der Waals surface area (Å²) < 4.78 is 0. The van der Waals surface area contributed by atoms with Crippen molar-refractivity contribution in [1.82, 2.24) is 14.9 Å². The molecule has 5 heteroatoms. The Morgan fingerprint density at radius 1 is 1.45 bits per heavy atom. The van der Waals surface area contributed by atoms with Crippen molar-refractivity contribution in [3.05, 3.63) is 46.2 Å². The van der Waals surface area contributed by atoms with Crippen LogP contribution in [0.5, 0.6) is 0 Å². The van der Waals surface area contributed by atoms with Crippen LogP contribution in [0.25, 0.3) is 0 Å². The highest BCUT2D eigenvalue weighted by Gasteiger charge is 2.13. The van der Waals surface area contributed by atoms with Gasteiger partial charge in [-0.15, -0.1) is 11.3 Å². The minimum atomic E-state index is 0.0806. The molecule has 20 heavy (non-hydrogen) atoms. The molecule has 0 saturated carbocycles. The van der Waals surface area contributed by atoms with Crippen molar-refractivity contribution >= 4 is 17.2 Å². The predicted molar refractivity (Wildman–Crippen MR) is 80.6 cm³/mol. The molecule has 0 aromatic carbocycles. The number of aromatic nitrogens is 2. The summed E-state index contributed by atoms with van der Waals surface area (Å²) >= 11 is 1.66. The Morgan fingerprint density at radius 2 is 2.25 bits per heavy atom. The molecule has 2 aromatic heterocycles. The van der Waals surface area contributed by atoms with Gasteiger partial charge in [0.25, 0.3) is 0 Å². The summed E-state index contributed by atoms with van der Waals surface area (Å²) in [6, 6.07) is 3.76. The summed E-state index contributed by atoms with van der Waals surface area (Å²) in [6.07, 6.45) is 3.82. The molecule has 0 bridgehead atoms. The zero-order chi connectivity index (χ0) is 14.5. The van der Waals surface area contributed by atoms with Gasteiger partial charge in [-0.1, -0.05) is 19.9 Å². The predicted octanol–water partition coefficient (Wildman–Crippen LogP) is 2.86. The fourth-order valence-corrected chi connectivity index (χ4v) is 2.63. The Hall–Kier alpha value is -1.75. The molecule has 2 aromatic rings. The van der Waals surface area contributed by atoms with E-state index in [1.54, 1.807) is 28.6 Å². The van der Waals surface area contributed by atoms with Gasteiger partial charge >= 0.3 is 0 Å². The minimum Gasteiger partial charge on any atom is -0.340 e. The van der Waals surface area contributed by atoms with Crippen molar-refractivity contribution in [2.24, 2.45) is 0 Å². The molecule has 0 fully saturated rings. The lowest BCUT2D eigenvalue weighted by atomic mass is 10.2. The molecule has 0 unspecified atom stereocenters. The van der Waals surface area contributed by atoms with Gasteiger partial charge in [0.05, 0.1) is 23.7 Å². The van der Waals surface area contributed by atoms with Gasteiger partial charge in [0, 0.05) is 30.7 Å². The topological polar surface area (TPSA) is 46.1 Å². The van der Waals surface area contributed by atoms with E-state index in [0.29, 0.717) is 18.9 Å². The number of pyridine rings is 1. The van der Waals surface area contributed by atoms with E-state index in [2.05, 4.69) is 23.8 Å². The third kappa shape index (κ3) is 3.87. The second kappa shape index (κ2) is 6.61. The van der Waals surface area contributed by atoms with Crippen LogP contribution in [0.4, 0.5) is 0 Å². The van der Waals surface area contributed by atoms with Crippen molar-refractivity contribution in [3.8, 4) is 0 Å².